The van der Waals surface area contributed by atoms with E-state index in [9.17, 15) is 0 Å². The van der Waals surface area contributed by atoms with E-state index in [-0.39, 0.29) is 6.10 Å². The molecule has 0 spiro atoms. The number of benzene rings is 1. The summed E-state index contributed by atoms with van der Waals surface area (Å²) in [5.41, 5.74) is 5.56. The first-order chi connectivity index (χ1) is 15.5. The second kappa shape index (κ2) is 8.16. The summed E-state index contributed by atoms with van der Waals surface area (Å²) in [4.78, 5) is 0. The first-order valence-electron chi connectivity index (χ1n) is 10.6. The Morgan fingerprint density at radius 1 is 1.06 bits per heavy atom. The standard InChI is InChI=1S/C23H26N6O3/c1-14-13-32-22-17(15(2)27-29(22)4)6-8-21-18-11-16(5-7-20(18)25-26-21)19-12-24-28(3)23(19)31-10-9-30-14/h5-8,11-12,14H,9-10,13H2,1-4H3,(H,25,26)/b8-6+. The lowest BCUT2D eigenvalue weighted by Crippen LogP contribution is -2.22. The Kier molecular flexibility index (Phi) is 5.18. The molecule has 1 aliphatic heterocycles. The topological polar surface area (TPSA) is 92.0 Å². The summed E-state index contributed by atoms with van der Waals surface area (Å²) in [6, 6.07) is 6.13. The van der Waals surface area contributed by atoms with Gasteiger partial charge in [-0.05, 0) is 43.7 Å². The molecular weight excluding hydrogens is 408 g/mol. The normalized spacial score (nSPS) is 17.9. The minimum absolute atomic E-state index is 0.102. The van der Waals surface area contributed by atoms with Crippen molar-refractivity contribution in [2.24, 2.45) is 14.1 Å². The lowest BCUT2D eigenvalue weighted by molar-refractivity contribution is 0.0144. The van der Waals surface area contributed by atoms with Crippen LogP contribution in [0, 0.1) is 6.92 Å². The molecule has 2 bridgehead atoms. The molecule has 9 nitrogen and oxygen atoms in total. The Labute approximate surface area is 185 Å². The summed E-state index contributed by atoms with van der Waals surface area (Å²) >= 11 is 0. The van der Waals surface area contributed by atoms with Gasteiger partial charge in [-0.25, -0.2) is 9.36 Å². The maximum atomic E-state index is 6.08. The number of aromatic nitrogens is 6. The number of nitrogens with one attached hydrogen (secondary N) is 1. The molecule has 0 aliphatic carbocycles. The molecule has 1 aromatic carbocycles. The molecular formula is C23H26N6O3. The predicted molar refractivity (Wildman–Crippen MR) is 122 cm³/mol. The van der Waals surface area contributed by atoms with Crippen molar-refractivity contribution in [3.8, 4) is 22.9 Å². The minimum atomic E-state index is -0.102. The molecule has 5 rings (SSSR count). The fourth-order valence-corrected chi connectivity index (χ4v) is 3.94. The number of nitrogens with zero attached hydrogens (tertiary/aromatic N) is 5. The Morgan fingerprint density at radius 3 is 2.81 bits per heavy atom. The van der Waals surface area contributed by atoms with Crippen LogP contribution in [-0.2, 0) is 18.8 Å². The number of fused-ring (bicyclic) bond motifs is 4. The van der Waals surface area contributed by atoms with Crippen molar-refractivity contribution in [2.75, 3.05) is 19.8 Å². The van der Waals surface area contributed by atoms with E-state index in [1.807, 2.05) is 58.4 Å². The highest BCUT2D eigenvalue weighted by atomic mass is 16.6. The quantitative estimate of drug-likeness (QED) is 0.456. The first kappa shape index (κ1) is 20.3. The molecule has 0 radical (unpaired) electrons. The van der Waals surface area contributed by atoms with Gasteiger partial charge in [0.05, 0.1) is 46.9 Å². The van der Waals surface area contributed by atoms with Crippen LogP contribution >= 0.6 is 0 Å². The van der Waals surface area contributed by atoms with Gasteiger partial charge >= 0.3 is 0 Å². The molecule has 1 unspecified atom stereocenters. The largest absolute Gasteiger partial charge is 0.475 e. The van der Waals surface area contributed by atoms with E-state index in [4.69, 9.17) is 14.2 Å². The predicted octanol–water partition coefficient (Wildman–Crippen LogP) is 3.35. The smallest absolute Gasteiger partial charge is 0.219 e. The third-order valence-electron chi connectivity index (χ3n) is 5.59. The van der Waals surface area contributed by atoms with Crippen LogP contribution in [-0.4, -0.2) is 55.7 Å². The molecule has 9 heteroatoms. The van der Waals surface area contributed by atoms with Gasteiger partial charge in [-0.1, -0.05) is 6.07 Å². The number of ether oxygens (including phenoxy) is 3. The Morgan fingerprint density at radius 2 is 1.94 bits per heavy atom. The van der Waals surface area contributed by atoms with Crippen LogP contribution in [0.5, 0.6) is 11.8 Å². The summed E-state index contributed by atoms with van der Waals surface area (Å²) in [7, 11) is 3.75. The zero-order valence-corrected chi connectivity index (χ0v) is 18.6. The lowest BCUT2D eigenvalue weighted by Gasteiger charge is -2.15. The molecule has 1 N–H and O–H groups in total. The van der Waals surface area contributed by atoms with Gasteiger partial charge in [0, 0.05) is 19.5 Å². The summed E-state index contributed by atoms with van der Waals surface area (Å²) < 4.78 is 21.5. The van der Waals surface area contributed by atoms with Crippen molar-refractivity contribution in [3.05, 3.63) is 41.3 Å². The number of aryl methyl sites for hydroxylation is 3. The molecule has 0 fully saturated rings. The van der Waals surface area contributed by atoms with E-state index in [0.29, 0.717) is 31.6 Å². The number of rotatable bonds is 0. The van der Waals surface area contributed by atoms with Gasteiger partial charge in [-0.3, -0.25) is 5.10 Å². The van der Waals surface area contributed by atoms with Crippen LogP contribution in [0.3, 0.4) is 0 Å². The fraction of sp³-hybridized carbons (Fsp3) is 0.348. The van der Waals surface area contributed by atoms with Gasteiger partial charge in [-0.2, -0.15) is 15.3 Å². The molecule has 4 heterocycles. The molecule has 166 valence electrons. The highest BCUT2D eigenvalue weighted by Crippen LogP contribution is 2.33. The maximum Gasteiger partial charge on any atom is 0.219 e. The van der Waals surface area contributed by atoms with Crippen LogP contribution in [0.2, 0.25) is 0 Å². The van der Waals surface area contributed by atoms with E-state index in [0.717, 1.165) is 39.0 Å². The van der Waals surface area contributed by atoms with Crippen molar-refractivity contribution >= 4 is 23.1 Å². The molecule has 0 saturated carbocycles. The van der Waals surface area contributed by atoms with Gasteiger partial charge in [0.15, 0.2) is 0 Å². The highest BCUT2D eigenvalue weighted by Gasteiger charge is 2.17. The fourth-order valence-electron chi connectivity index (χ4n) is 3.94. The van der Waals surface area contributed by atoms with E-state index in [2.05, 4.69) is 26.5 Å². The van der Waals surface area contributed by atoms with Crippen molar-refractivity contribution in [1.82, 2.24) is 29.8 Å². The van der Waals surface area contributed by atoms with E-state index < -0.39 is 0 Å². The van der Waals surface area contributed by atoms with Gasteiger partial charge in [0.25, 0.3) is 0 Å². The van der Waals surface area contributed by atoms with Crippen molar-refractivity contribution < 1.29 is 14.2 Å². The summed E-state index contributed by atoms with van der Waals surface area (Å²) in [6.07, 6.45) is 5.74. The van der Waals surface area contributed by atoms with Crippen LogP contribution in [0.1, 0.15) is 23.9 Å². The summed E-state index contributed by atoms with van der Waals surface area (Å²) in [6.45, 7) is 5.21. The van der Waals surface area contributed by atoms with Crippen molar-refractivity contribution in [1.29, 1.82) is 0 Å². The van der Waals surface area contributed by atoms with Crippen molar-refractivity contribution in [3.63, 3.8) is 0 Å². The van der Waals surface area contributed by atoms with Gasteiger partial charge in [0.2, 0.25) is 11.8 Å². The van der Waals surface area contributed by atoms with Crippen LogP contribution in [0.4, 0.5) is 0 Å². The van der Waals surface area contributed by atoms with Crippen LogP contribution < -0.4 is 9.47 Å². The third kappa shape index (κ3) is 3.64. The number of H-pyrrole nitrogens is 1. The number of hydrogen-bond acceptors (Lipinski definition) is 6. The zero-order chi connectivity index (χ0) is 22.2. The Bertz CT molecular complexity index is 1300. The molecule has 32 heavy (non-hydrogen) atoms. The molecule has 4 aromatic rings. The Balaban J connectivity index is 1.62. The van der Waals surface area contributed by atoms with Crippen LogP contribution in [0.25, 0.3) is 34.2 Å². The molecule has 0 saturated heterocycles. The minimum Gasteiger partial charge on any atom is -0.475 e. The summed E-state index contributed by atoms with van der Waals surface area (Å²) in [5.74, 6) is 1.41. The van der Waals surface area contributed by atoms with E-state index in [1.54, 1.807) is 9.36 Å². The highest BCUT2D eigenvalue weighted by molar-refractivity contribution is 5.93. The zero-order valence-electron chi connectivity index (χ0n) is 18.6. The third-order valence-corrected chi connectivity index (χ3v) is 5.59. The number of hydrogen-bond donors (Lipinski definition) is 1. The van der Waals surface area contributed by atoms with Gasteiger partial charge in [-0.15, -0.1) is 0 Å². The molecule has 1 aliphatic rings. The second-order valence-corrected chi connectivity index (χ2v) is 7.96. The Hall–Kier alpha value is -3.59. The maximum absolute atomic E-state index is 6.08. The van der Waals surface area contributed by atoms with Crippen LogP contribution in [0.15, 0.2) is 24.4 Å². The van der Waals surface area contributed by atoms with E-state index >= 15 is 0 Å². The molecule has 0 amide bonds. The first-order valence-corrected chi connectivity index (χ1v) is 10.6. The monoisotopic (exact) mass is 434 g/mol. The summed E-state index contributed by atoms with van der Waals surface area (Å²) in [5, 5.41) is 17.5. The van der Waals surface area contributed by atoms with Crippen molar-refractivity contribution in [2.45, 2.75) is 20.0 Å². The van der Waals surface area contributed by atoms with Gasteiger partial charge < -0.3 is 14.2 Å². The molecule has 3 aromatic heterocycles. The second-order valence-electron chi connectivity index (χ2n) is 7.96. The molecule has 1 atom stereocenters. The lowest BCUT2D eigenvalue weighted by atomic mass is 10.1. The number of aromatic amines is 1. The average Bonchev–Trinajstić information content (AvgIpc) is 3.42. The average molecular weight is 435 g/mol. The SMILES string of the molecule is Cc1nn(C)c2c1/C=C/c1[nH]nc3ccc(cc13)-c1cnn(C)c1OCCOC(C)CO2. The van der Waals surface area contributed by atoms with E-state index in [1.165, 1.54) is 0 Å². The van der Waals surface area contributed by atoms with Gasteiger partial charge in [0.1, 0.15) is 13.2 Å².